The van der Waals surface area contributed by atoms with Gasteiger partial charge in [0.05, 0.1) is 44.5 Å². The smallest absolute Gasteiger partial charge is 0.160 e. The molecule has 0 N–H and O–H groups in total. The fourth-order valence-electron chi connectivity index (χ4n) is 14.3. The molecule has 0 amide bonds. The molecule has 1 unspecified atom stereocenters. The van der Waals surface area contributed by atoms with Crippen molar-refractivity contribution in [2.45, 2.75) is 5.92 Å². The van der Waals surface area contributed by atoms with Crippen molar-refractivity contribution in [2.24, 2.45) is 0 Å². The Morgan fingerprint density at radius 2 is 0.625 bits per heavy atom. The van der Waals surface area contributed by atoms with E-state index in [0.717, 1.165) is 56.2 Å². The van der Waals surface area contributed by atoms with Crippen LogP contribution in [0.4, 0.5) is 0 Å². The SMILES string of the molecule is c1ccc(-c2cc(-c3ccc(-n4c5ccccc5c5ccc(-c6ccc7c(c6)c6ccccc6n7-c6ccccc6)cc54)cc3)nc(-c3ccc(C4c5ccccc5-c5ccc(-c6ccc7c(c6)c6ccccc6n7-c6ccccc6)cc54)cc3)n2)cc1. The third kappa shape index (κ3) is 7.94. The van der Waals surface area contributed by atoms with E-state index >= 15 is 0 Å². The maximum absolute atomic E-state index is 5.38. The zero-order valence-corrected chi connectivity index (χ0v) is 47.8. The van der Waals surface area contributed by atoms with Crippen molar-refractivity contribution in [2.75, 3.05) is 0 Å². The van der Waals surface area contributed by atoms with Crippen molar-refractivity contribution in [3.05, 3.63) is 332 Å². The van der Waals surface area contributed by atoms with Gasteiger partial charge < -0.3 is 13.7 Å². The predicted octanol–water partition coefficient (Wildman–Crippen LogP) is 21.3. The molecule has 0 bridgehead atoms. The molecular weight excluding hydrogens is 1070 g/mol. The van der Waals surface area contributed by atoms with Gasteiger partial charge in [0.15, 0.2) is 5.82 Å². The fourth-order valence-corrected chi connectivity index (χ4v) is 14.3. The zero-order valence-electron chi connectivity index (χ0n) is 47.8. The van der Waals surface area contributed by atoms with E-state index in [-0.39, 0.29) is 5.92 Å². The van der Waals surface area contributed by atoms with Gasteiger partial charge in [-0.3, -0.25) is 0 Å². The van der Waals surface area contributed by atoms with E-state index < -0.39 is 0 Å². The summed E-state index contributed by atoms with van der Waals surface area (Å²) in [5.41, 5.74) is 26.5. The van der Waals surface area contributed by atoms with Crippen LogP contribution in [0.25, 0.3) is 150 Å². The van der Waals surface area contributed by atoms with Gasteiger partial charge in [0.25, 0.3) is 0 Å². The first-order valence-corrected chi connectivity index (χ1v) is 30.2. The molecule has 1 aliphatic carbocycles. The number of fused-ring (bicyclic) bond motifs is 12. The molecule has 5 nitrogen and oxygen atoms in total. The summed E-state index contributed by atoms with van der Waals surface area (Å²) < 4.78 is 7.17. The van der Waals surface area contributed by atoms with Crippen molar-refractivity contribution in [1.29, 1.82) is 0 Å². The lowest BCUT2D eigenvalue weighted by Gasteiger charge is -2.16. The lowest BCUT2D eigenvalue weighted by atomic mass is 9.87. The number of benzene rings is 13. The molecule has 13 aromatic carbocycles. The molecule has 410 valence electrons. The molecule has 18 rings (SSSR count). The van der Waals surface area contributed by atoms with Crippen LogP contribution in [0.5, 0.6) is 0 Å². The summed E-state index contributed by atoms with van der Waals surface area (Å²) in [7, 11) is 0. The number of para-hydroxylation sites is 5. The second kappa shape index (κ2) is 20.0. The second-order valence-corrected chi connectivity index (χ2v) is 23.2. The van der Waals surface area contributed by atoms with Crippen molar-refractivity contribution < 1.29 is 0 Å². The molecule has 5 heteroatoms. The lowest BCUT2D eigenvalue weighted by Crippen LogP contribution is -2.00. The average molecular weight is 1120 g/mol. The number of nitrogens with zero attached hydrogens (tertiary/aromatic N) is 5. The summed E-state index contributed by atoms with van der Waals surface area (Å²) in [4.78, 5) is 10.7. The van der Waals surface area contributed by atoms with Crippen molar-refractivity contribution >= 4 is 65.4 Å². The first-order chi connectivity index (χ1) is 43.6. The highest BCUT2D eigenvalue weighted by molar-refractivity contribution is 6.13. The van der Waals surface area contributed by atoms with Gasteiger partial charge in [-0.1, -0.05) is 218 Å². The predicted molar refractivity (Wildman–Crippen MR) is 365 cm³/mol. The van der Waals surface area contributed by atoms with Crippen molar-refractivity contribution in [1.82, 2.24) is 23.7 Å². The summed E-state index contributed by atoms with van der Waals surface area (Å²) in [5, 5.41) is 7.41. The van der Waals surface area contributed by atoms with Crippen LogP contribution in [0.1, 0.15) is 22.6 Å². The minimum atomic E-state index is 0.0551. The molecule has 4 aromatic heterocycles. The molecule has 88 heavy (non-hydrogen) atoms. The summed E-state index contributed by atoms with van der Waals surface area (Å²) in [5.74, 6) is 0.739. The minimum absolute atomic E-state index is 0.0551. The number of hydrogen-bond donors (Lipinski definition) is 0. The Hall–Kier alpha value is -11.7. The topological polar surface area (TPSA) is 40.6 Å². The molecule has 0 saturated heterocycles. The van der Waals surface area contributed by atoms with E-state index in [9.17, 15) is 0 Å². The molecule has 0 fully saturated rings. The molecule has 0 aliphatic heterocycles. The Labute approximate surface area is 508 Å². The number of aromatic nitrogens is 5. The van der Waals surface area contributed by atoms with Crippen molar-refractivity contribution in [3.8, 4) is 84.3 Å². The number of hydrogen-bond acceptors (Lipinski definition) is 2. The standard InChI is InChI=1S/C83H53N5/c1-4-18-53(19-5-1)74-52-75(54-36-42-63(43-37-54)88-76-29-15-12-25-66(76)69-45-39-60(51-81(69)88)59-41-47-80-72(49-59)68-27-14-17-31-78(68)87(80)62-22-8-3-9-23-62)85-83(84-74)56-34-32-55(33-35-56)82-70-28-11-10-24-64(70)65-44-38-57(50-73(65)82)58-40-46-79-71(48-58)67-26-13-16-30-77(67)86(79)61-20-6-2-7-21-61/h1-52,82H. The van der Waals surface area contributed by atoms with E-state index in [2.05, 4.69) is 329 Å². The molecule has 0 radical (unpaired) electrons. The van der Waals surface area contributed by atoms with Crippen LogP contribution in [0.3, 0.4) is 0 Å². The Bertz CT molecular complexity index is 5600. The molecule has 4 heterocycles. The van der Waals surface area contributed by atoms with Gasteiger partial charge in [0.1, 0.15) is 0 Å². The van der Waals surface area contributed by atoms with Crippen LogP contribution in [0, 0.1) is 0 Å². The second-order valence-electron chi connectivity index (χ2n) is 23.2. The average Bonchev–Trinajstić information content (AvgIpc) is 2.07. The molecule has 1 atom stereocenters. The highest BCUT2D eigenvalue weighted by Gasteiger charge is 2.31. The first-order valence-electron chi connectivity index (χ1n) is 30.2. The Morgan fingerprint density at radius 1 is 0.227 bits per heavy atom. The van der Waals surface area contributed by atoms with E-state index in [1.54, 1.807) is 0 Å². The highest BCUT2D eigenvalue weighted by Crippen LogP contribution is 2.50. The largest absolute Gasteiger partial charge is 0.309 e. The maximum Gasteiger partial charge on any atom is 0.160 e. The first kappa shape index (κ1) is 49.7. The zero-order chi connectivity index (χ0) is 57.8. The van der Waals surface area contributed by atoms with Crippen LogP contribution in [-0.2, 0) is 0 Å². The van der Waals surface area contributed by atoms with E-state index in [0.29, 0.717) is 5.82 Å². The Kier molecular flexibility index (Phi) is 11.3. The maximum atomic E-state index is 5.38. The monoisotopic (exact) mass is 1120 g/mol. The van der Waals surface area contributed by atoms with E-state index in [1.807, 2.05) is 0 Å². The van der Waals surface area contributed by atoms with Crippen LogP contribution in [-0.4, -0.2) is 23.7 Å². The third-order valence-corrected chi connectivity index (χ3v) is 18.4. The Balaban J connectivity index is 0.695. The highest BCUT2D eigenvalue weighted by atomic mass is 15.0. The third-order valence-electron chi connectivity index (χ3n) is 18.4. The molecule has 1 aliphatic rings. The minimum Gasteiger partial charge on any atom is -0.309 e. The quantitative estimate of drug-likeness (QED) is 0.145. The van der Waals surface area contributed by atoms with Gasteiger partial charge >= 0.3 is 0 Å². The van der Waals surface area contributed by atoms with Gasteiger partial charge in [0, 0.05) is 72.0 Å². The molecule has 17 aromatic rings. The van der Waals surface area contributed by atoms with Gasteiger partial charge in [0.2, 0.25) is 0 Å². The Morgan fingerprint density at radius 3 is 1.23 bits per heavy atom. The van der Waals surface area contributed by atoms with Crippen LogP contribution in [0.15, 0.2) is 315 Å². The van der Waals surface area contributed by atoms with Crippen molar-refractivity contribution in [3.63, 3.8) is 0 Å². The van der Waals surface area contributed by atoms with Gasteiger partial charge in [-0.25, -0.2) is 9.97 Å². The van der Waals surface area contributed by atoms with E-state index in [4.69, 9.17) is 9.97 Å². The van der Waals surface area contributed by atoms with E-state index in [1.165, 1.54) is 104 Å². The normalized spacial score (nSPS) is 12.9. The van der Waals surface area contributed by atoms with Gasteiger partial charge in [-0.15, -0.1) is 0 Å². The van der Waals surface area contributed by atoms with Crippen LogP contribution >= 0.6 is 0 Å². The summed E-state index contributed by atoms with van der Waals surface area (Å²) in [6.07, 6.45) is 0. The summed E-state index contributed by atoms with van der Waals surface area (Å²) >= 11 is 0. The lowest BCUT2D eigenvalue weighted by molar-refractivity contribution is 1.01. The summed E-state index contributed by atoms with van der Waals surface area (Å²) in [6.45, 7) is 0. The van der Waals surface area contributed by atoms with Crippen LogP contribution in [0.2, 0.25) is 0 Å². The molecular formula is C83H53N5. The van der Waals surface area contributed by atoms with Crippen LogP contribution < -0.4 is 0 Å². The molecule has 0 saturated carbocycles. The van der Waals surface area contributed by atoms with Gasteiger partial charge in [-0.05, 0) is 147 Å². The fraction of sp³-hybridized carbons (Fsp3) is 0.0120. The summed E-state index contributed by atoms with van der Waals surface area (Å²) in [6, 6.07) is 115. The van der Waals surface area contributed by atoms with Gasteiger partial charge in [-0.2, -0.15) is 0 Å². The molecule has 0 spiro atoms. The number of rotatable bonds is 9.